The fraction of sp³-hybridized carbons (Fsp3) is 0. The fourth-order valence-corrected chi connectivity index (χ4v) is 1.33. The van der Waals surface area contributed by atoms with Crippen molar-refractivity contribution in [2.75, 3.05) is 0 Å². The van der Waals surface area contributed by atoms with E-state index in [1.807, 2.05) is 0 Å². The summed E-state index contributed by atoms with van der Waals surface area (Å²) in [6.45, 7) is 0. The summed E-state index contributed by atoms with van der Waals surface area (Å²) >= 11 is 11.4. The van der Waals surface area contributed by atoms with Crippen LogP contribution in [0, 0.1) is 5.82 Å². The van der Waals surface area contributed by atoms with E-state index in [1.165, 1.54) is 24.3 Å². The van der Waals surface area contributed by atoms with Crippen LogP contribution in [0.5, 0.6) is 11.5 Å². The fourth-order valence-electron chi connectivity index (χ4n) is 1.07. The van der Waals surface area contributed by atoms with Crippen LogP contribution in [-0.4, -0.2) is 10.2 Å². The van der Waals surface area contributed by atoms with Crippen LogP contribution in [0.3, 0.4) is 0 Å². The van der Waals surface area contributed by atoms with E-state index in [1.54, 1.807) is 6.07 Å². The lowest BCUT2D eigenvalue weighted by molar-refractivity contribution is 0.473. The molecule has 0 N–H and O–H groups in total. The highest BCUT2D eigenvalue weighted by atomic mass is 35.5. The third-order valence-electron chi connectivity index (χ3n) is 1.71. The standard InChI is InChI=1S/C10H5Cl2FN2O/c11-9-5-8(10(12)15-14-9)16-7-3-1-2-6(13)4-7/h1-5H. The summed E-state index contributed by atoms with van der Waals surface area (Å²) in [6, 6.07) is 7.06. The molecule has 0 fully saturated rings. The Balaban J connectivity index is 2.30. The van der Waals surface area contributed by atoms with Crippen LogP contribution in [0.1, 0.15) is 0 Å². The van der Waals surface area contributed by atoms with Gasteiger partial charge in [0, 0.05) is 12.1 Å². The molecule has 0 bridgehead atoms. The maximum Gasteiger partial charge on any atom is 0.194 e. The number of hydrogen-bond donors (Lipinski definition) is 0. The molecule has 82 valence electrons. The van der Waals surface area contributed by atoms with E-state index >= 15 is 0 Å². The van der Waals surface area contributed by atoms with E-state index in [4.69, 9.17) is 27.9 Å². The van der Waals surface area contributed by atoms with E-state index in [2.05, 4.69) is 10.2 Å². The van der Waals surface area contributed by atoms with Crippen molar-refractivity contribution in [2.24, 2.45) is 0 Å². The maximum atomic E-state index is 12.9. The molecule has 16 heavy (non-hydrogen) atoms. The molecule has 3 nitrogen and oxygen atoms in total. The Morgan fingerprint density at radius 1 is 1.12 bits per heavy atom. The monoisotopic (exact) mass is 258 g/mol. The number of rotatable bonds is 2. The molecule has 1 heterocycles. The first kappa shape index (κ1) is 11.1. The highest BCUT2D eigenvalue weighted by Gasteiger charge is 2.07. The molecule has 0 amide bonds. The lowest BCUT2D eigenvalue weighted by Crippen LogP contribution is -1.90. The molecule has 0 atom stereocenters. The molecule has 0 unspecified atom stereocenters. The Hall–Kier alpha value is -1.39. The lowest BCUT2D eigenvalue weighted by Gasteiger charge is -2.06. The molecule has 0 radical (unpaired) electrons. The van der Waals surface area contributed by atoms with Crippen LogP contribution in [0.4, 0.5) is 4.39 Å². The van der Waals surface area contributed by atoms with Crippen LogP contribution in [-0.2, 0) is 0 Å². The van der Waals surface area contributed by atoms with E-state index in [-0.39, 0.29) is 16.1 Å². The SMILES string of the molecule is Fc1cccc(Oc2cc(Cl)nnc2Cl)c1. The normalized spacial score (nSPS) is 10.2. The molecule has 0 saturated heterocycles. The second kappa shape index (κ2) is 4.63. The van der Waals surface area contributed by atoms with Gasteiger partial charge in [0.1, 0.15) is 11.6 Å². The van der Waals surface area contributed by atoms with Gasteiger partial charge in [-0.1, -0.05) is 29.3 Å². The Labute approximate surface area is 101 Å². The minimum absolute atomic E-state index is 0.0636. The van der Waals surface area contributed by atoms with Crippen molar-refractivity contribution in [1.82, 2.24) is 10.2 Å². The molecule has 1 aromatic carbocycles. The second-order valence-corrected chi connectivity index (χ2v) is 3.63. The number of ether oxygens (including phenoxy) is 1. The zero-order valence-electron chi connectivity index (χ0n) is 7.82. The summed E-state index contributed by atoms with van der Waals surface area (Å²) in [7, 11) is 0. The predicted molar refractivity (Wildman–Crippen MR) is 58.5 cm³/mol. The number of benzene rings is 1. The molecule has 0 aliphatic carbocycles. The topological polar surface area (TPSA) is 35.0 Å². The first-order valence-corrected chi connectivity index (χ1v) is 5.03. The van der Waals surface area contributed by atoms with E-state index in [0.29, 0.717) is 5.75 Å². The van der Waals surface area contributed by atoms with E-state index < -0.39 is 5.82 Å². The Morgan fingerprint density at radius 2 is 1.94 bits per heavy atom. The number of halogens is 3. The van der Waals surface area contributed by atoms with Gasteiger partial charge in [-0.25, -0.2) is 4.39 Å². The van der Waals surface area contributed by atoms with Crippen molar-refractivity contribution in [1.29, 1.82) is 0 Å². The van der Waals surface area contributed by atoms with Gasteiger partial charge in [0.25, 0.3) is 0 Å². The summed E-state index contributed by atoms with van der Waals surface area (Å²) in [6.07, 6.45) is 0. The van der Waals surface area contributed by atoms with Gasteiger partial charge in [0.15, 0.2) is 16.1 Å². The Bertz CT molecular complexity index is 522. The predicted octanol–water partition coefficient (Wildman–Crippen LogP) is 3.71. The van der Waals surface area contributed by atoms with Crippen molar-refractivity contribution in [3.63, 3.8) is 0 Å². The number of nitrogens with zero attached hydrogens (tertiary/aromatic N) is 2. The molecule has 0 aliphatic heterocycles. The summed E-state index contributed by atoms with van der Waals surface area (Å²) in [4.78, 5) is 0. The summed E-state index contributed by atoms with van der Waals surface area (Å²) < 4.78 is 18.2. The molecule has 2 aromatic rings. The van der Waals surface area contributed by atoms with Gasteiger partial charge in [-0.15, -0.1) is 10.2 Å². The first-order valence-electron chi connectivity index (χ1n) is 4.27. The van der Waals surface area contributed by atoms with Crippen LogP contribution in [0.2, 0.25) is 10.3 Å². The molecule has 6 heteroatoms. The van der Waals surface area contributed by atoms with Crippen LogP contribution < -0.4 is 4.74 Å². The van der Waals surface area contributed by atoms with Gasteiger partial charge in [0.05, 0.1) is 0 Å². The minimum atomic E-state index is -0.401. The Morgan fingerprint density at radius 3 is 2.69 bits per heavy atom. The highest BCUT2D eigenvalue weighted by molar-refractivity contribution is 6.32. The summed E-state index contributed by atoms with van der Waals surface area (Å²) in [5, 5.41) is 7.30. The lowest BCUT2D eigenvalue weighted by atomic mass is 10.3. The van der Waals surface area contributed by atoms with Gasteiger partial charge >= 0.3 is 0 Å². The van der Waals surface area contributed by atoms with Crippen molar-refractivity contribution in [3.05, 3.63) is 46.5 Å². The third kappa shape index (κ3) is 2.59. The van der Waals surface area contributed by atoms with Crippen LogP contribution >= 0.6 is 23.2 Å². The van der Waals surface area contributed by atoms with Gasteiger partial charge in [-0.3, -0.25) is 0 Å². The largest absolute Gasteiger partial charge is 0.454 e. The van der Waals surface area contributed by atoms with Crippen LogP contribution in [0.25, 0.3) is 0 Å². The number of hydrogen-bond acceptors (Lipinski definition) is 3. The smallest absolute Gasteiger partial charge is 0.194 e. The highest BCUT2D eigenvalue weighted by Crippen LogP contribution is 2.28. The van der Waals surface area contributed by atoms with Gasteiger partial charge < -0.3 is 4.74 Å². The average molecular weight is 259 g/mol. The first-order chi connectivity index (χ1) is 7.65. The van der Waals surface area contributed by atoms with Crippen LogP contribution in [0.15, 0.2) is 30.3 Å². The third-order valence-corrected chi connectivity index (χ3v) is 2.16. The average Bonchev–Trinajstić information content (AvgIpc) is 2.24. The molecular weight excluding hydrogens is 254 g/mol. The quantitative estimate of drug-likeness (QED) is 0.824. The van der Waals surface area contributed by atoms with E-state index in [0.717, 1.165) is 0 Å². The summed E-state index contributed by atoms with van der Waals surface area (Å²) in [5.41, 5.74) is 0. The molecule has 0 spiro atoms. The zero-order valence-corrected chi connectivity index (χ0v) is 9.34. The second-order valence-electron chi connectivity index (χ2n) is 2.88. The molecule has 1 aromatic heterocycles. The van der Waals surface area contributed by atoms with Gasteiger partial charge in [-0.05, 0) is 12.1 Å². The molecule has 0 aliphatic rings. The minimum Gasteiger partial charge on any atom is -0.454 e. The Kier molecular flexibility index (Phi) is 3.22. The molecule has 2 rings (SSSR count). The molecular formula is C10H5Cl2FN2O. The van der Waals surface area contributed by atoms with Crippen molar-refractivity contribution in [2.45, 2.75) is 0 Å². The maximum absolute atomic E-state index is 12.9. The summed E-state index contributed by atoms with van der Waals surface area (Å²) in [5.74, 6) is 0.139. The zero-order chi connectivity index (χ0) is 11.5. The van der Waals surface area contributed by atoms with E-state index in [9.17, 15) is 4.39 Å². The number of aromatic nitrogens is 2. The van der Waals surface area contributed by atoms with Crippen molar-refractivity contribution >= 4 is 23.2 Å². The van der Waals surface area contributed by atoms with Crippen molar-refractivity contribution < 1.29 is 9.13 Å². The molecule has 0 saturated carbocycles. The van der Waals surface area contributed by atoms with Gasteiger partial charge in [-0.2, -0.15) is 0 Å². The van der Waals surface area contributed by atoms with Gasteiger partial charge in [0.2, 0.25) is 0 Å². The van der Waals surface area contributed by atoms with Crippen molar-refractivity contribution in [3.8, 4) is 11.5 Å².